The first kappa shape index (κ1) is 26.1. The molecule has 40 heavy (non-hydrogen) atoms. The van der Waals surface area contributed by atoms with E-state index in [0.29, 0.717) is 36.7 Å². The van der Waals surface area contributed by atoms with Crippen LogP contribution < -0.4 is 4.74 Å². The number of ether oxygens (including phenoxy) is 1. The number of hydrogen-bond acceptors (Lipinski definition) is 6. The van der Waals surface area contributed by atoms with Crippen molar-refractivity contribution < 1.29 is 23.1 Å². The molecule has 0 bridgehead atoms. The van der Waals surface area contributed by atoms with Gasteiger partial charge in [0, 0.05) is 17.7 Å². The number of fused-ring (bicyclic) bond motifs is 1. The second kappa shape index (κ2) is 10.1. The summed E-state index contributed by atoms with van der Waals surface area (Å²) in [7, 11) is -3.21. The minimum atomic E-state index is -3.21. The van der Waals surface area contributed by atoms with Crippen LogP contribution in [0.5, 0.6) is 11.5 Å². The summed E-state index contributed by atoms with van der Waals surface area (Å²) in [6.45, 7) is 4.58. The number of nitrogens with zero attached hydrogens (tertiary/aromatic N) is 3. The van der Waals surface area contributed by atoms with E-state index in [1.54, 1.807) is 27.8 Å². The first-order valence-corrected chi connectivity index (χ1v) is 15.3. The van der Waals surface area contributed by atoms with Crippen molar-refractivity contribution in [1.29, 1.82) is 0 Å². The SMILES string of the molecule is CCOc1cc([C@H]2c3c(-c4ccc(C)cc4)nn([C@H]4CCS(=O)(=O)C4)c3C(=O)N2Cc2ccccc2)ccc1O. The lowest BCUT2D eigenvalue weighted by Crippen LogP contribution is -2.30. The van der Waals surface area contributed by atoms with Gasteiger partial charge in [-0.05, 0) is 43.5 Å². The Morgan fingerprint density at radius 3 is 2.48 bits per heavy atom. The van der Waals surface area contributed by atoms with E-state index in [9.17, 15) is 18.3 Å². The predicted molar refractivity (Wildman–Crippen MR) is 152 cm³/mol. The molecule has 6 rings (SSSR count). The molecule has 1 aromatic heterocycles. The third-order valence-corrected chi connectivity index (χ3v) is 9.42. The first-order valence-electron chi connectivity index (χ1n) is 13.5. The molecule has 2 atom stereocenters. The molecule has 0 aliphatic carbocycles. The Morgan fingerprint density at radius 1 is 1.05 bits per heavy atom. The second-order valence-corrected chi connectivity index (χ2v) is 12.7. The van der Waals surface area contributed by atoms with Crippen LogP contribution in [0.3, 0.4) is 0 Å². The molecule has 0 radical (unpaired) electrons. The molecular weight excluding hydrogens is 526 g/mol. The third-order valence-electron chi connectivity index (χ3n) is 7.67. The summed E-state index contributed by atoms with van der Waals surface area (Å²) in [5, 5.41) is 15.4. The summed E-state index contributed by atoms with van der Waals surface area (Å²) in [5.41, 5.74) is 5.50. The maximum absolute atomic E-state index is 14.3. The van der Waals surface area contributed by atoms with Gasteiger partial charge in [-0.1, -0.05) is 66.2 Å². The van der Waals surface area contributed by atoms with Gasteiger partial charge in [-0.15, -0.1) is 0 Å². The van der Waals surface area contributed by atoms with Crippen LogP contribution in [0, 0.1) is 6.92 Å². The monoisotopic (exact) mass is 557 g/mol. The highest BCUT2D eigenvalue weighted by Gasteiger charge is 2.46. The van der Waals surface area contributed by atoms with E-state index in [-0.39, 0.29) is 23.2 Å². The average molecular weight is 558 g/mol. The summed E-state index contributed by atoms with van der Waals surface area (Å²) >= 11 is 0. The lowest BCUT2D eigenvalue weighted by atomic mass is 9.95. The quantitative estimate of drug-likeness (QED) is 0.341. The van der Waals surface area contributed by atoms with Crippen molar-refractivity contribution in [3.05, 3.63) is 101 Å². The number of aromatic nitrogens is 2. The van der Waals surface area contributed by atoms with Crippen LogP contribution >= 0.6 is 0 Å². The molecule has 9 heteroatoms. The molecule has 1 fully saturated rings. The van der Waals surface area contributed by atoms with Crippen molar-refractivity contribution >= 4 is 15.7 Å². The normalized spacial score (nSPS) is 19.6. The number of phenols is 1. The maximum Gasteiger partial charge on any atom is 0.273 e. The van der Waals surface area contributed by atoms with Gasteiger partial charge in [0.1, 0.15) is 5.69 Å². The zero-order valence-electron chi connectivity index (χ0n) is 22.4. The molecular formula is C31H31N3O5S. The van der Waals surface area contributed by atoms with E-state index < -0.39 is 21.9 Å². The Labute approximate surface area is 233 Å². The standard InChI is InChI=1S/C31H31N3O5S/c1-3-39-26-17-23(13-14-25(26)35)29-27-28(22-11-9-20(2)10-12-22)32-34(24-15-16-40(37,38)19-24)30(27)31(36)33(29)18-21-7-5-4-6-8-21/h4-14,17,24,29,35H,3,15-16,18-19H2,1-2H3/t24-,29-/m0/s1. The van der Waals surface area contributed by atoms with Gasteiger partial charge < -0.3 is 14.7 Å². The largest absolute Gasteiger partial charge is 0.504 e. The van der Waals surface area contributed by atoms with Crippen molar-refractivity contribution in [2.24, 2.45) is 0 Å². The first-order chi connectivity index (χ1) is 19.3. The smallest absolute Gasteiger partial charge is 0.273 e. The zero-order valence-corrected chi connectivity index (χ0v) is 23.3. The average Bonchev–Trinajstić information content (AvgIpc) is 3.58. The van der Waals surface area contributed by atoms with Gasteiger partial charge in [0.2, 0.25) is 0 Å². The molecule has 0 saturated carbocycles. The molecule has 206 valence electrons. The van der Waals surface area contributed by atoms with Crippen LogP contribution in [0.25, 0.3) is 11.3 Å². The van der Waals surface area contributed by atoms with Crippen molar-refractivity contribution in [2.45, 2.75) is 38.9 Å². The van der Waals surface area contributed by atoms with Crippen LogP contribution in [0.2, 0.25) is 0 Å². The molecule has 3 heterocycles. The fraction of sp³-hybridized carbons (Fsp3) is 0.290. The van der Waals surface area contributed by atoms with Gasteiger partial charge in [-0.2, -0.15) is 5.10 Å². The zero-order chi connectivity index (χ0) is 28.0. The minimum absolute atomic E-state index is 0.0235. The van der Waals surface area contributed by atoms with E-state index in [4.69, 9.17) is 9.84 Å². The molecule has 2 aliphatic rings. The highest BCUT2D eigenvalue weighted by atomic mass is 32.2. The number of aromatic hydroxyl groups is 1. The third kappa shape index (κ3) is 4.64. The lowest BCUT2D eigenvalue weighted by Gasteiger charge is -2.27. The topological polar surface area (TPSA) is 102 Å². The fourth-order valence-corrected chi connectivity index (χ4v) is 7.44. The number of carbonyl (C=O) groups is 1. The number of benzene rings is 3. The molecule has 1 amide bonds. The lowest BCUT2D eigenvalue weighted by molar-refractivity contribution is 0.0722. The number of amides is 1. The predicted octanol–water partition coefficient (Wildman–Crippen LogP) is 5.07. The Bertz CT molecular complexity index is 1680. The molecule has 8 nitrogen and oxygen atoms in total. The van der Waals surface area contributed by atoms with Gasteiger partial charge in [0.25, 0.3) is 5.91 Å². The molecule has 1 saturated heterocycles. The molecule has 4 aromatic rings. The number of sulfone groups is 1. The Morgan fingerprint density at radius 2 is 1.80 bits per heavy atom. The minimum Gasteiger partial charge on any atom is -0.504 e. The van der Waals surface area contributed by atoms with Gasteiger partial charge in [0.05, 0.1) is 35.9 Å². The summed E-state index contributed by atoms with van der Waals surface area (Å²) in [4.78, 5) is 16.1. The van der Waals surface area contributed by atoms with E-state index in [1.807, 2.05) is 68.4 Å². The number of aryl methyl sites for hydroxylation is 1. The van der Waals surface area contributed by atoms with Gasteiger partial charge in [0.15, 0.2) is 21.3 Å². The summed E-state index contributed by atoms with van der Waals surface area (Å²) < 4.78 is 32.3. The van der Waals surface area contributed by atoms with E-state index in [2.05, 4.69) is 0 Å². The summed E-state index contributed by atoms with van der Waals surface area (Å²) in [6, 6.07) is 22.0. The Kier molecular flexibility index (Phi) is 6.62. The molecule has 2 aliphatic heterocycles. The maximum atomic E-state index is 14.3. The van der Waals surface area contributed by atoms with Crippen LogP contribution in [0.1, 0.15) is 58.2 Å². The van der Waals surface area contributed by atoms with Crippen LogP contribution in [-0.4, -0.2) is 52.2 Å². The van der Waals surface area contributed by atoms with Crippen molar-refractivity contribution in [2.75, 3.05) is 18.1 Å². The van der Waals surface area contributed by atoms with Crippen molar-refractivity contribution in [1.82, 2.24) is 14.7 Å². The summed E-state index contributed by atoms with van der Waals surface area (Å²) in [5.74, 6) is 0.193. The van der Waals surface area contributed by atoms with Gasteiger partial charge >= 0.3 is 0 Å². The molecule has 0 unspecified atom stereocenters. The van der Waals surface area contributed by atoms with E-state index in [0.717, 1.165) is 27.8 Å². The van der Waals surface area contributed by atoms with Crippen LogP contribution in [-0.2, 0) is 16.4 Å². The van der Waals surface area contributed by atoms with E-state index in [1.165, 1.54) is 0 Å². The number of hydrogen-bond donors (Lipinski definition) is 1. The number of phenolic OH excluding ortho intramolecular Hbond substituents is 1. The highest BCUT2D eigenvalue weighted by Crippen LogP contribution is 2.47. The number of carbonyl (C=O) groups excluding carboxylic acids is 1. The molecule has 1 N–H and O–H groups in total. The summed E-state index contributed by atoms with van der Waals surface area (Å²) in [6.07, 6.45) is 0.411. The molecule has 0 spiro atoms. The van der Waals surface area contributed by atoms with Crippen LogP contribution in [0.15, 0.2) is 72.8 Å². The molecule has 3 aromatic carbocycles. The van der Waals surface area contributed by atoms with Crippen molar-refractivity contribution in [3.63, 3.8) is 0 Å². The second-order valence-electron chi connectivity index (χ2n) is 10.5. The van der Waals surface area contributed by atoms with E-state index >= 15 is 0 Å². The van der Waals surface area contributed by atoms with Gasteiger partial charge in [-0.25, -0.2) is 8.42 Å². The number of rotatable bonds is 7. The fourth-order valence-electron chi connectivity index (χ4n) is 5.75. The Hall–Kier alpha value is -4.11. The Balaban J connectivity index is 1.58. The van der Waals surface area contributed by atoms with Crippen LogP contribution in [0.4, 0.5) is 0 Å². The van der Waals surface area contributed by atoms with Crippen molar-refractivity contribution in [3.8, 4) is 22.8 Å². The highest BCUT2D eigenvalue weighted by molar-refractivity contribution is 7.91. The van der Waals surface area contributed by atoms with Gasteiger partial charge in [-0.3, -0.25) is 9.48 Å².